The van der Waals surface area contributed by atoms with Crippen molar-refractivity contribution in [3.05, 3.63) is 34.4 Å². The smallest absolute Gasteiger partial charge is 0.240 e. The van der Waals surface area contributed by atoms with E-state index in [1.807, 2.05) is 50.2 Å². The van der Waals surface area contributed by atoms with Crippen molar-refractivity contribution in [3.63, 3.8) is 0 Å². The molecule has 206 valence electrons. The number of nitrogens with zero attached hydrogens (tertiary/aromatic N) is 7. The molecule has 2 aliphatic heterocycles. The molecule has 2 atom stereocenters. The van der Waals surface area contributed by atoms with E-state index in [2.05, 4.69) is 32.3 Å². The fourth-order valence-corrected chi connectivity index (χ4v) is 5.84. The van der Waals surface area contributed by atoms with Gasteiger partial charge in [-0.2, -0.15) is 10.2 Å². The highest BCUT2D eigenvalue weighted by atomic mass is 16.5. The van der Waals surface area contributed by atoms with Gasteiger partial charge in [-0.3, -0.25) is 19.7 Å². The highest BCUT2D eigenvalue weighted by molar-refractivity contribution is 5.93. The number of aromatic amines is 1. The molecule has 39 heavy (non-hydrogen) atoms. The summed E-state index contributed by atoms with van der Waals surface area (Å²) >= 11 is 0. The van der Waals surface area contributed by atoms with Gasteiger partial charge in [0.1, 0.15) is 12.1 Å². The lowest BCUT2D eigenvalue weighted by atomic mass is 10.1. The molecule has 1 saturated heterocycles. The van der Waals surface area contributed by atoms with Gasteiger partial charge in [0.2, 0.25) is 11.8 Å². The van der Waals surface area contributed by atoms with Gasteiger partial charge in [-0.25, -0.2) is 4.68 Å². The molecule has 6 heterocycles. The molecule has 6 rings (SSSR count). The van der Waals surface area contributed by atoms with Gasteiger partial charge in [-0.1, -0.05) is 0 Å². The molecule has 0 amide bonds. The molecular formula is C28H36N8O3. The number of aromatic nitrogens is 7. The second kappa shape index (κ2) is 10.1. The van der Waals surface area contributed by atoms with Crippen molar-refractivity contribution >= 4 is 23.1 Å². The van der Waals surface area contributed by atoms with Crippen LogP contribution in [0.4, 0.5) is 0 Å². The van der Waals surface area contributed by atoms with Crippen LogP contribution in [0.2, 0.25) is 0 Å². The lowest BCUT2D eigenvalue weighted by Crippen LogP contribution is -2.35. The van der Waals surface area contributed by atoms with E-state index in [0.717, 1.165) is 75.8 Å². The Bertz CT molecular complexity index is 1550. The minimum atomic E-state index is -0.190. The molecule has 2 bridgehead atoms. The Morgan fingerprint density at radius 3 is 2.87 bits per heavy atom. The van der Waals surface area contributed by atoms with E-state index in [0.29, 0.717) is 25.6 Å². The summed E-state index contributed by atoms with van der Waals surface area (Å²) in [5.41, 5.74) is 7.04. The minimum Gasteiger partial charge on any atom is -0.476 e. The number of nitrogens with one attached hydrogen (secondary N) is 1. The fourth-order valence-electron chi connectivity index (χ4n) is 5.84. The van der Waals surface area contributed by atoms with Crippen molar-refractivity contribution in [2.75, 3.05) is 26.4 Å². The van der Waals surface area contributed by atoms with Gasteiger partial charge in [-0.15, -0.1) is 5.10 Å². The summed E-state index contributed by atoms with van der Waals surface area (Å²) in [6.45, 7) is 10.5. The van der Waals surface area contributed by atoms with Crippen LogP contribution < -0.4 is 9.47 Å². The van der Waals surface area contributed by atoms with E-state index >= 15 is 0 Å². The Hall–Kier alpha value is -3.70. The summed E-state index contributed by atoms with van der Waals surface area (Å²) in [4.78, 5) is 7.35. The zero-order valence-electron chi connectivity index (χ0n) is 23.2. The summed E-state index contributed by atoms with van der Waals surface area (Å²) in [6.07, 6.45) is 6.22. The number of pyridine rings is 1. The van der Waals surface area contributed by atoms with Crippen LogP contribution in [0.25, 0.3) is 34.3 Å². The van der Waals surface area contributed by atoms with Crippen LogP contribution in [0.3, 0.4) is 0 Å². The summed E-state index contributed by atoms with van der Waals surface area (Å²) < 4.78 is 16.3. The van der Waals surface area contributed by atoms with E-state index in [9.17, 15) is 5.11 Å². The zero-order valence-corrected chi connectivity index (χ0v) is 23.2. The third-order valence-electron chi connectivity index (χ3n) is 7.83. The van der Waals surface area contributed by atoms with Crippen LogP contribution in [0.5, 0.6) is 11.8 Å². The maximum Gasteiger partial charge on any atom is 0.240 e. The summed E-state index contributed by atoms with van der Waals surface area (Å²) in [5.74, 6) is 1.29. The molecule has 1 fully saturated rings. The largest absolute Gasteiger partial charge is 0.476 e. The quantitative estimate of drug-likeness (QED) is 0.409. The summed E-state index contributed by atoms with van der Waals surface area (Å²) in [5, 5.41) is 28.3. The Kier molecular flexibility index (Phi) is 6.64. The number of aliphatic hydroxyl groups is 1. The first kappa shape index (κ1) is 25.6. The van der Waals surface area contributed by atoms with Crippen LogP contribution in [-0.2, 0) is 13.6 Å². The van der Waals surface area contributed by atoms with Gasteiger partial charge >= 0.3 is 0 Å². The molecule has 4 aromatic rings. The van der Waals surface area contributed by atoms with E-state index in [1.165, 1.54) is 0 Å². The van der Waals surface area contributed by atoms with Gasteiger partial charge in [-0.05, 0) is 65.3 Å². The highest BCUT2D eigenvalue weighted by Gasteiger charge is 2.31. The van der Waals surface area contributed by atoms with Crippen molar-refractivity contribution in [1.82, 2.24) is 39.6 Å². The van der Waals surface area contributed by atoms with Crippen LogP contribution in [-0.4, -0.2) is 77.2 Å². The van der Waals surface area contributed by atoms with Crippen LogP contribution in [0, 0.1) is 13.8 Å². The highest BCUT2D eigenvalue weighted by Crippen LogP contribution is 2.36. The van der Waals surface area contributed by atoms with E-state index in [1.54, 1.807) is 0 Å². The number of fused-ring (bicyclic) bond motifs is 5. The van der Waals surface area contributed by atoms with Crippen molar-refractivity contribution in [2.24, 2.45) is 7.05 Å². The molecule has 2 aliphatic rings. The van der Waals surface area contributed by atoms with E-state index in [-0.39, 0.29) is 18.7 Å². The van der Waals surface area contributed by atoms with Crippen molar-refractivity contribution in [3.8, 4) is 23.0 Å². The first-order valence-corrected chi connectivity index (χ1v) is 13.7. The molecule has 0 aromatic carbocycles. The summed E-state index contributed by atoms with van der Waals surface area (Å²) in [7, 11) is 1.92. The van der Waals surface area contributed by atoms with E-state index < -0.39 is 0 Å². The zero-order chi connectivity index (χ0) is 27.3. The molecule has 2 unspecified atom stereocenters. The average molecular weight is 533 g/mol. The second-order valence-electron chi connectivity index (χ2n) is 10.5. The maximum atomic E-state index is 10.0. The Morgan fingerprint density at radius 1 is 1.23 bits per heavy atom. The maximum absolute atomic E-state index is 10.0. The number of rotatable bonds is 4. The Labute approximate surface area is 227 Å². The van der Waals surface area contributed by atoms with Crippen molar-refractivity contribution in [1.29, 1.82) is 0 Å². The molecule has 0 radical (unpaired) electrons. The SMILES string of the molecule is CCOc1nn(C(C)CO)c2c1/C=C/c1[nH]nc3c(C)nc(cc13)-c1c(C)nn(C)c1OCC1CCCN1C2. The fraction of sp³-hybridized carbons (Fsp3) is 0.500. The minimum absolute atomic E-state index is 0.0151. The molecule has 11 nitrogen and oxygen atoms in total. The first-order chi connectivity index (χ1) is 18.9. The predicted octanol–water partition coefficient (Wildman–Crippen LogP) is 3.65. The number of hydrogen-bond acceptors (Lipinski definition) is 8. The number of aliphatic hydroxyl groups excluding tert-OH is 1. The molecule has 4 aromatic heterocycles. The molecule has 0 spiro atoms. The monoisotopic (exact) mass is 532 g/mol. The van der Waals surface area contributed by atoms with Crippen molar-refractivity contribution in [2.45, 2.75) is 59.2 Å². The Morgan fingerprint density at radius 2 is 2.08 bits per heavy atom. The predicted molar refractivity (Wildman–Crippen MR) is 149 cm³/mol. The van der Waals surface area contributed by atoms with Crippen LogP contribution in [0.1, 0.15) is 61.1 Å². The standard InChI is InChI=1S/C28H36N8O3/c1-6-38-27-20-9-10-22-21-12-23(29-18(4)26(21)31-30-22)25-17(3)32-34(5)28(25)39-15-19-8-7-11-35(19)13-24(20)36(33-27)16(2)14-37/h9-10,12,16,19,37H,6-8,11,13-15H2,1-5H3,(H,30,31)/b10-9+. The lowest BCUT2D eigenvalue weighted by Gasteiger charge is -2.26. The second-order valence-corrected chi connectivity index (χ2v) is 10.5. The number of aryl methyl sites for hydroxylation is 3. The van der Waals surface area contributed by atoms with E-state index in [4.69, 9.17) is 19.6 Å². The molecule has 0 aliphatic carbocycles. The van der Waals surface area contributed by atoms with Crippen LogP contribution in [0.15, 0.2) is 6.07 Å². The number of H-pyrrole nitrogens is 1. The Balaban J connectivity index is 1.57. The third kappa shape index (κ3) is 4.39. The van der Waals surface area contributed by atoms with Gasteiger partial charge in [0.05, 0.1) is 58.9 Å². The first-order valence-electron chi connectivity index (χ1n) is 13.7. The molecular weight excluding hydrogens is 496 g/mol. The molecule has 0 saturated carbocycles. The third-order valence-corrected chi connectivity index (χ3v) is 7.83. The summed E-state index contributed by atoms with van der Waals surface area (Å²) in [6, 6.07) is 2.10. The average Bonchev–Trinajstić information content (AvgIpc) is 3.67. The topological polar surface area (TPSA) is 119 Å². The normalized spacial score (nSPS) is 19.2. The molecule has 11 heteroatoms. The van der Waals surface area contributed by atoms with Gasteiger partial charge in [0, 0.05) is 25.0 Å². The number of hydrogen-bond donors (Lipinski definition) is 2. The number of ether oxygens (including phenoxy) is 2. The van der Waals surface area contributed by atoms with Gasteiger partial charge in [0.15, 0.2) is 0 Å². The van der Waals surface area contributed by atoms with Gasteiger partial charge < -0.3 is 14.6 Å². The van der Waals surface area contributed by atoms with Crippen molar-refractivity contribution < 1.29 is 14.6 Å². The van der Waals surface area contributed by atoms with Gasteiger partial charge in [0.25, 0.3) is 0 Å². The lowest BCUT2D eigenvalue weighted by molar-refractivity contribution is 0.154. The molecule has 2 N–H and O–H groups in total. The van der Waals surface area contributed by atoms with Crippen LogP contribution >= 0.6 is 0 Å².